The molecule has 0 unspecified atom stereocenters. The maximum Gasteiger partial charge on any atom is 0.339 e. The molecular weight excluding hydrogens is 430 g/mol. The fraction of sp³-hybridized carbons (Fsp3) is 0.333. The summed E-state index contributed by atoms with van der Waals surface area (Å²) in [5.74, 6) is -1.31. The van der Waals surface area contributed by atoms with E-state index in [0.29, 0.717) is 18.7 Å². The van der Waals surface area contributed by atoms with Gasteiger partial charge in [0, 0.05) is 13.1 Å². The standard InChI is InChI=1S/C21H22ClNO6S/c22-19-10-9-17(30(26,27)23-11-5-2-6-12-23)15-18(19)21(25)29-14-13-28-20(24)16-7-3-1-4-8-16/h1,3-4,7-10,15H,2,5-6,11-14H2. The molecule has 160 valence electrons. The third-order valence-corrected chi connectivity index (χ3v) is 6.89. The normalized spacial score (nSPS) is 14.8. The largest absolute Gasteiger partial charge is 0.458 e. The molecule has 1 heterocycles. The van der Waals surface area contributed by atoms with E-state index in [1.165, 1.54) is 22.5 Å². The Morgan fingerprint density at radius 2 is 1.53 bits per heavy atom. The molecule has 0 amide bonds. The Labute approximate surface area is 180 Å². The summed E-state index contributed by atoms with van der Waals surface area (Å²) in [5.41, 5.74) is 0.339. The second-order valence-electron chi connectivity index (χ2n) is 6.74. The highest BCUT2D eigenvalue weighted by molar-refractivity contribution is 7.89. The van der Waals surface area contributed by atoms with Gasteiger partial charge in [-0.15, -0.1) is 0 Å². The lowest BCUT2D eigenvalue weighted by Gasteiger charge is -2.26. The first-order chi connectivity index (χ1) is 14.4. The fourth-order valence-electron chi connectivity index (χ4n) is 3.08. The van der Waals surface area contributed by atoms with Crippen LogP contribution >= 0.6 is 11.6 Å². The minimum absolute atomic E-state index is 0.00347. The molecule has 0 saturated carbocycles. The summed E-state index contributed by atoms with van der Waals surface area (Å²) in [5, 5.41) is 0.0823. The molecule has 30 heavy (non-hydrogen) atoms. The van der Waals surface area contributed by atoms with E-state index in [0.717, 1.165) is 19.3 Å². The van der Waals surface area contributed by atoms with Crippen molar-refractivity contribution >= 4 is 33.6 Å². The van der Waals surface area contributed by atoms with Crippen molar-refractivity contribution in [2.24, 2.45) is 0 Å². The second-order valence-corrected chi connectivity index (χ2v) is 9.09. The molecule has 3 rings (SSSR count). The number of piperidine rings is 1. The van der Waals surface area contributed by atoms with Crippen molar-refractivity contribution in [3.05, 3.63) is 64.7 Å². The van der Waals surface area contributed by atoms with Crippen LogP contribution in [0.5, 0.6) is 0 Å². The highest BCUT2D eigenvalue weighted by atomic mass is 35.5. The van der Waals surface area contributed by atoms with Gasteiger partial charge in [-0.2, -0.15) is 4.31 Å². The van der Waals surface area contributed by atoms with Gasteiger partial charge in [-0.1, -0.05) is 36.2 Å². The van der Waals surface area contributed by atoms with Gasteiger partial charge in [0.15, 0.2) is 0 Å². The zero-order valence-electron chi connectivity index (χ0n) is 16.3. The van der Waals surface area contributed by atoms with Crippen molar-refractivity contribution in [1.29, 1.82) is 0 Å². The van der Waals surface area contributed by atoms with Crippen LogP contribution in [0.3, 0.4) is 0 Å². The van der Waals surface area contributed by atoms with Crippen LogP contribution in [0.4, 0.5) is 0 Å². The number of esters is 2. The number of rotatable bonds is 7. The molecule has 0 radical (unpaired) electrons. The molecule has 1 aliphatic rings. The van der Waals surface area contributed by atoms with Crippen molar-refractivity contribution in [1.82, 2.24) is 4.31 Å². The van der Waals surface area contributed by atoms with E-state index in [-0.39, 0.29) is 28.7 Å². The SMILES string of the molecule is O=C(OCCOC(=O)c1cc(S(=O)(=O)N2CCCCC2)ccc1Cl)c1ccccc1. The average molecular weight is 452 g/mol. The van der Waals surface area contributed by atoms with Gasteiger partial charge in [-0.25, -0.2) is 18.0 Å². The Morgan fingerprint density at radius 3 is 2.20 bits per heavy atom. The van der Waals surface area contributed by atoms with Crippen LogP contribution in [0.2, 0.25) is 5.02 Å². The third-order valence-electron chi connectivity index (χ3n) is 4.67. The number of hydrogen-bond donors (Lipinski definition) is 0. The van der Waals surface area contributed by atoms with E-state index >= 15 is 0 Å². The number of nitrogens with zero attached hydrogens (tertiary/aromatic N) is 1. The lowest BCUT2D eigenvalue weighted by atomic mass is 10.2. The second kappa shape index (κ2) is 10.1. The lowest BCUT2D eigenvalue weighted by Crippen LogP contribution is -2.35. The summed E-state index contributed by atoms with van der Waals surface area (Å²) in [6.45, 7) is 0.592. The van der Waals surface area contributed by atoms with E-state index in [1.54, 1.807) is 30.3 Å². The van der Waals surface area contributed by atoms with Crippen molar-refractivity contribution in [3.63, 3.8) is 0 Å². The van der Waals surface area contributed by atoms with Crippen LogP contribution in [0.1, 0.15) is 40.0 Å². The summed E-state index contributed by atoms with van der Waals surface area (Å²) in [6, 6.07) is 12.4. The number of ether oxygens (including phenoxy) is 2. The third kappa shape index (κ3) is 5.38. The molecule has 7 nitrogen and oxygen atoms in total. The van der Waals surface area contributed by atoms with Crippen LogP contribution in [0.15, 0.2) is 53.4 Å². The fourth-order valence-corrected chi connectivity index (χ4v) is 4.82. The molecular formula is C21H22ClNO6S. The zero-order valence-corrected chi connectivity index (χ0v) is 17.8. The first-order valence-corrected chi connectivity index (χ1v) is 11.4. The van der Waals surface area contributed by atoms with Gasteiger partial charge in [-0.3, -0.25) is 0 Å². The van der Waals surface area contributed by atoms with Gasteiger partial charge in [0.05, 0.1) is 21.0 Å². The molecule has 1 aliphatic heterocycles. The molecule has 1 fully saturated rings. The van der Waals surface area contributed by atoms with Gasteiger partial charge in [-0.05, 0) is 43.2 Å². The van der Waals surface area contributed by atoms with E-state index < -0.39 is 22.0 Å². The highest BCUT2D eigenvalue weighted by Crippen LogP contribution is 2.25. The summed E-state index contributed by atoms with van der Waals surface area (Å²) in [4.78, 5) is 24.2. The van der Waals surface area contributed by atoms with Crippen molar-refractivity contribution in [3.8, 4) is 0 Å². The molecule has 2 aromatic rings. The predicted molar refractivity (Wildman–Crippen MR) is 111 cm³/mol. The van der Waals surface area contributed by atoms with Crippen LogP contribution < -0.4 is 0 Å². The molecule has 0 atom stereocenters. The smallest absolute Gasteiger partial charge is 0.339 e. The monoisotopic (exact) mass is 451 g/mol. The Balaban J connectivity index is 1.60. The van der Waals surface area contributed by atoms with Crippen molar-refractivity contribution in [2.75, 3.05) is 26.3 Å². The van der Waals surface area contributed by atoms with Crippen LogP contribution in [-0.2, 0) is 19.5 Å². The summed E-state index contributed by atoms with van der Waals surface area (Å²) in [7, 11) is -3.70. The zero-order chi connectivity index (χ0) is 21.6. The summed E-state index contributed by atoms with van der Waals surface area (Å²) < 4.78 is 37.2. The van der Waals surface area contributed by atoms with E-state index in [1.807, 2.05) is 0 Å². The summed E-state index contributed by atoms with van der Waals surface area (Å²) >= 11 is 6.08. The van der Waals surface area contributed by atoms with E-state index in [9.17, 15) is 18.0 Å². The number of hydrogen-bond acceptors (Lipinski definition) is 6. The Morgan fingerprint density at radius 1 is 0.900 bits per heavy atom. The van der Waals surface area contributed by atoms with Gasteiger partial charge < -0.3 is 9.47 Å². The number of benzene rings is 2. The Hall–Kier alpha value is -2.42. The Bertz CT molecular complexity index is 1000. The molecule has 0 spiro atoms. The van der Waals surface area contributed by atoms with Gasteiger partial charge in [0.25, 0.3) is 0 Å². The van der Waals surface area contributed by atoms with E-state index in [2.05, 4.69) is 0 Å². The molecule has 1 saturated heterocycles. The van der Waals surface area contributed by atoms with Gasteiger partial charge in [0.1, 0.15) is 13.2 Å². The number of halogens is 1. The van der Waals surface area contributed by atoms with Crippen LogP contribution in [0.25, 0.3) is 0 Å². The topological polar surface area (TPSA) is 90.0 Å². The first-order valence-electron chi connectivity index (χ1n) is 9.58. The summed E-state index contributed by atoms with van der Waals surface area (Å²) in [6.07, 6.45) is 2.62. The number of sulfonamides is 1. The number of carbonyl (C=O) groups is 2. The molecule has 0 bridgehead atoms. The number of carbonyl (C=O) groups excluding carboxylic acids is 2. The average Bonchev–Trinajstić information content (AvgIpc) is 2.77. The molecule has 0 N–H and O–H groups in total. The minimum Gasteiger partial charge on any atom is -0.458 e. The molecule has 9 heteroatoms. The molecule has 0 aliphatic carbocycles. The van der Waals surface area contributed by atoms with Crippen LogP contribution in [-0.4, -0.2) is 51.0 Å². The predicted octanol–water partition coefficient (Wildman–Crippen LogP) is 3.53. The molecule has 0 aromatic heterocycles. The highest BCUT2D eigenvalue weighted by Gasteiger charge is 2.27. The quantitative estimate of drug-likeness (QED) is 0.472. The van der Waals surface area contributed by atoms with Crippen molar-refractivity contribution in [2.45, 2.75) is 24.2 Å². The van der Waals surface area contributed by atoms with Gasteiger partial charge >= 0.3 is 11.9 Å². The minimum atomic E-state index is -3.70. The lowest BCUT2D eigenvalue weighted by molar-refractivity contribution is 0.0265. The van der Waals surface area contributed by atoms with E-state index in [4.69, 9.17) is 21.1 Å². The molecule has 2 aromatic carbocycles. The van der Waals surface area contributed by atoms with Crippen molar-refractivity contribution < 1.29 is 27.5 Å². The maximum absolute atomic E-state index is 12.8. The van der Waals surface area contributed by atoms with Crippen LogP contribution in [0, 0.1) is 0 Å². The Kier molecular flexibility index (Phi) is 7.47. The first kappa shape index (κ1) is 22.3. The van der Waals surface area contributed by atoms with Gasteiger partial charge in [0.2, 0.25) is 10.0 Å². The maximum atomic E-state index is 12.8.